The Labute approximate surface area is 117 Å². The van der Waals surface area contributed by atoms with Crippen LogP contribution in [0, 0.1) is 5.82 Å². The highest BCUT2D eigenvalue weighted by atomic mass is 35.5. The summed E-state index contributed by atoms with van der Waals surface area (Å²) in [6.45, 7) is 1.99. The molecule has 1 aliphatic heterocycles. The summed E-state index contributed by atoms with van der Waals surface area (Å²) in [5.74, 6) is 0.421. The van der Waals surface area contributed by atoms with Crippen LogP contribution in [0.2, 0.25) is 0 Å². The van der Waals surface area contributed by atoms with Crippen LogP contribution in [0.25, 0.3) is 0 Å². The lowest BCUT2D eigenvalue weighted by Gasteiger charge is -2.20. The summed E-state index contributed by atoms with van der Waals surface area (Å²) < 4.78 is 30.0. The fourth-order valence-corrected chi connectivity index (χ4v) is 2.68. The van der Waals surface area contributed by atoms with E-state index in [0.717, 1.165) is 12.8 Å². The molecule has 1 aliphatic rings. The zero-order chi connectivity index (χ0) is 14.0. The minimum Gasteiger partial charge on any atom is -0.493 e. The summed E-state index contributed by atoms with van der Waals surface area (Å²) in [6, 6.07) is 2.88. The number of halogens is 2. The summed E-state index contributed by atoms with van der Waals surface area (Å²) in [5.41, 5.74) is 0.387. The van der Waals surface area contributed by atoms with E-state index in [4.69, 9.17) is 25.8 Å². The Morgan fingerprint density at radius 3 is 2.42 bits per heavy atom. The topological polar surface area (TPSA) is 27.7 Å². The van der Waals surface area contributed by atoms with Crippen molar-refractivity contribution in [2.45, 2.75) is 37.4 Å². The number of rotatable bonds is 4. The molecule has 1 heterocycles. The van der Waals surface area contributed by atoms with Gasteiger partial charge in [0.25, 0.3) is 0 Å². The van der Waals surface area contributed by atoms with Crippen molar-refractivity contribution in [1.29, 1.82) is 0 Å². The van der Waals surface area contributed by atoms with Crippen molar-refractivity contribution in [1.82, 2.24) is 0 Å². The maximum Gasteiger partial charge on any atom is 0.163 e. The fraction of sp³-hybridized carbons (Fsp3) is 0.571. The number of hydrogen-bond donors (Lipinski definition) is 0. The first-order valence-electron chi connectivity index (χ1n) is 6.27. The van der Waals surface area contributed by atoms with Crippen molar-refractivity contribution in [2.24, 2.45) is 0 Å². The van der Waals surface area contributed by atoms with Crippen molar-refractivity contribution in [3.05, 3.63) is 23.5 Å². The Morgan fingerprint density at radius 2 is 1.89 bits per heavy atom. The van der Waals surface area contributed by atoms with Crippen molar-refractivity contribution < 1.29 is 18.6 Å². The van der Waals surface area contributed by atoms with Crippen LogP contribution in [0.1, 0.15) is 30.7 Å². The lowest BCUT2D eigenvalue weighted by atomic mass is 10.0. The average molecular weight is 289 g/mol. The number of alkyl halides is 1. The maximum atomic E-state index is 14.1. The van der Waals surface area contributed by atoms with E-state index < -0.39 is 11.2 Å². The van der Waals surface area contributed by atoms with E-state index >= 15 is 0 Å². The minimum absolute atomic E-state index is 0.163. The molecule has 0 amide bonds. The highest BCUT2D eigenvalue weighted by Crippen LogP contribution is 2.39. The predicted molar refractivity (Wildman–Crippen MR) is 71.7 cm³/mol. The molecule has 5 heteroatoms. The molecule has 3 atom stereocenters. The molecule has 0 N–H and O–H groups in total. The third-order valence-electron chi connectivity index (χ3n) is 3.39. The van der Waals surface area contributed by atoms with E-state index in [1.165, 1.54) is 20.3 Å². The van der Waals surface area contributed by atoms with Crippen molar-refractivity contribution in [3.63, 3.8) is 0 Å². The molecule has 106 valence electrons. The van der Waals surface area contributed by atoms with Crippen LogP contribution in [0.5, 0.6) is 11.5 Å². The maximum absolute atomic E-state index is 14.1. The second kappa shape index (κ2) is 5.97. The van der Waals surface area contributed by atoms with Gasteiger partial charge in [0.2, 0.25) is 0 Å². The standard InChI is InChI=1S/C14H18ClFO3/c1-8-4-5-11(19-8)14(15)9-6-12(17-2)13(18-3)7-10(9)16/h6-8,11,14H,4-5H2,1-3H3. The van der Waals surface area contributed by atoms with Gasteiger partial charge in [-0.15, -0.1) is 11.6 Å². The largest absolute Gasteiger partial charge is 0.493 e. The molecule has 19 heavy (non-hydrogen) atoms. The first kappa shape index (κ1) is 14.4. The van der Waals surface area contributed by atoms with Gasteiger partial charge in [0.15, 0.2) is 11.5 Å². The molecule has 1 aromatic carbocycles. The van der Waals surface area contributed by atoms with Crippen molar-refractivity contribution >= 4 is 11.6 Å². The molecule has 0 aliphatic carbocycles. The lowest BCUT2D eigenvalue weighted by Crippen LogP contribution is -2.16. The highest BCUT2D eigenvalue weighted by Gasteiger charge is 2.31. The zero-order valence-corrected chi connectivity index (χ0v) is 12.0. The molecule has 2 rings (SSSR count). The first-order valence-corrected chi connectivity index (χ1v) is 6.71. The van der Waals surface area contributed by atoms with Crippen molar-refractivity contribution in [2.75, 3.05) is 14.2 Å². The summed E-state index contributed by atoms with van der Waals surface area (Å²) in [7, 11) is 2.98. The summed E-state index contributed by atoms with van der Waals surface area (Å²) in [4.78, 5) is 0. The van der Waals surface area contributed by atoms with Crippen LogP contribution in [0.4, 0.5) is 4.39 Å². The van der Waals surface area contributed by atoms with E-state index in [-0.39, 0.29) is 12.2 Å². The second-order valence-electron chi connectivity index (χ2n) is 4.69. The summed E-state index contributed by atoms with van der Waals surface area (Å²) in [5, 5.41) is -0.523. The van der Waals surface area contributed by atoms with Gasteiger partial charge in [0, 0.05) is 11.6 Å². The number of hydrogen-bond acceptors (Lipinski definition) is 3. The summed E-state index contributed by atoms with van der Waals surface area (Å²) >= 11 is 6.35. The van der Waals surface area contributed by atoms with Crippen LogP contribution < -0.4 is 9.47 Å². The normalized spacial score (nSPS) is 24.3. The Hall–Kier alpha value is -1.00. The van der Waals surface area contributed by atoms with Gasteiger partial charge in [-0.2, -0.15) is 0 Å². The van der Waals surface area contributed by atoms with E-state index in [2.05, 4.69) is 0 Å². The Kier molecular flexibility index (Phi) is 4.53. The number of benzene rings is 1. The summed E-state index contributed by atoms with van der Waals surface area (Å²) in [6.07, 6.45) is 1.80. The molecule has 1 fully saturated rings. The van der Waals surface area contributed by atoms with Gasteiger partial charge in [-0.3, -0.25) is 0 Å². The van der Waals surface area contributed by atoms with Crippen LogP contribution >= 0.6 is 11.6 Å². The second-order valence-corrected chi connectivity index (χ2v) is 5.16. The first-order chi connectivity index (χ1) is 9.06. The zero-order valence-electron chi connectivity index (χ0n) is 11.3. The Bertz CT molecular complexity index is 453. The molecule has 3 nitrogen and oxygen atoms in total. The molecule has 3 unspecified atom stereocenters. The highest BCUT2D eigenvalue weighted by molar-refractivity contribution is 6.21. The molecule has 0 radical (unpaired) electrons. The van der Waals surface area contributed by atoms with E-state index in [1.807, 2.05) is 6.92 Å². The van der Waals surface area contributed by atoms with Gasteiger partial charge in [0.05, 0.1) is 31.8 Å². The lowest BCUT2D eigenvalue weighted by molar-refractivity contribution is 0.0527. The van der Waals surface area contributed by atoms with Crippen LogP contribution in [0.3, 0.4) is 0 Å². The van der Waals surface area contributed by atoms with Crippen LogP contribution in [-0.4, -0.2) is 26.4 Å². The van der Waals surface area contributed by atoms with E-state index in [1.54, 1.807) is 6.07 Å². The van der Waals surface area contributed by atoms with Crippen LogP contribution in [-0.2, 0) is 4.74 Å². The van der Waals surface area contributed by atoms with Gasteiger partial charge in [0.1, 0.15) is 5.82 Å². The van der Waals surface area contributed by atoms with Crippen molar-refractivity contribution in [3.8, 4) is 11.5 Å². The predicted octanol–water partition coefficient (Wildman–Crippen LogP) is 3.69. The number of methoxy groups -OCH3 is 2. The molecule has 1 saturated heterocycles. The molecule has 0 aromatic heterocycles. The average Bonchev–Trinajstić information content (AvgIpc) is 2.84. The molecule has 0 spiro atoms. The Morgan fingerprint density at radius 1 is 1.26 bits per heavy atom. The quantitative estimate of drug-likeness (QED) is 0.791. The molecule has 1 aromatic rings. The van der Waals surface area contributed by atoms with Gasteiger partial charge in [-0.1, -0.05) is 0 Å². The third kappa shape index (κ3) is 2.95. The smallest absolute Gasteiger partial charge is 0.163 e. The van der Waals surface area contributed by atoms with E-state index in [9.17, 15) is 4.39 Å². The van der Waals surface area contributed by atoms with Gasteiger partial charge < -0.3 is 14.2 Å². The molecular weight excluding hydrogens is 271 g/mol. The van der Waals surface area contributed by atoms with Gasteiger partial charge >= 0.3 is 0 Å². The van der Waals surface area contributed by atoms with E-state index in [0.29, 0.717) is 17.1 Å². The fourth-order valence-electron chi connectivity index (χ4n) is 2.33. The molecule has 0 bridgehead atoms. The minimum atomic E-state index is -0.523. The molecule has 0 saturated carbocycles. The molecular formula is C14H18ClFO3. The number of ether oxygens (including phenoxy) is 3. The Balaban J connectivity index is 2.28. The third-order valence-corrected chi connectivity index (χ3v) is 3.91. The monoisotopic (exact) mass is 288 g/mol. The van der Waals surface area contributed by atoms with Gasteiger partial charge in [-0.05, 0) is 25.8 Å². The van der Waals surface area contributed by atoms with Gasteiger partial charge in [-0.25, -0.2) is 4.39 Å². The van der Waals surface area contributed by atoms with Crippen LogP contribution in [0.15, 0.2) is 12.1 Å². The SMILES string of the molecule is COc1cc(F)c(C(Cl)C2CCC(C)O2)cc1OC.